The first-order valence-corrected chi connectivity index (χ1v) is 13.0. The number of hydrogen-bond acceptors (Lipinski definition) is 8. The highest BCUT2D eigenvalue weighted by atomic mass is 32.2. The van der Waals surface area contributed by atoms with Crippen LogP contribution in [0.2, 0.25) is 0 Å². The molecule has 0 radical (unpaired) electrons. The van der Waals surface area contributed by atoms with E-state index in [9.17, 15) is 4.79 Å². The Balaban J connectivity index is 1.20. The van der Waals surface area contributed by atoms with E-state index in [0.29, 0.717) is 21.8 Å². The zero-order chi connectivity index (χ0) is 22.4. The number of nitrogens with one attached hydrogen (secondary N) is 1. The second-order valence-corrected chi connectivity index (χ2v) is 11.0. The third-order valence-electron chi connectivity index (χ3n) is 6.21. The van der Waals surface area contributed by atoms with Gasteiger partial charge in [-0.15, -0.1) is 15.3 Å². The van der Waals surface area contributed by atoms with Crippen LogP contribution in [0.1, 0.15) is 45.4 Å². The van der Waals surface area contributed by atoms with E-state index in [1.807, 2.05) is 24.3 Å². The van der Waals surface area contributed by atoms with Crippen molar-refractivity contribution in [3.05, 3.63) is 30.3 Å². The minimum atomic E-state index is 0.0745. The minimum Gasteiger partial charge on any atom is -0.473 e. The standard InChI is InChI=1S/C23H24N6O2S2/c1-13-2-6-15(7-3-13)31-20-11-10-19-26-27-23(29(19)28-20)32-16-8-9-17-18(12-16)33-22(24-17)25-21(30)14-4-5-14/h8-15H,2-7H2,1H3,(H,24,25,30). The van der Waals surface area contributed by atoms with Crippen LogP contribution in [0, 0.1) is 11.8 Å². The van der Waals surface area contributed by atoms with Crippen molar-refractivity contribution in [3.8, 4) is 5.88 Å². The number of carbonyl (C=O) groups is 1. The van der Waals surface area contributed by atoms with E-state index >= 15 is 0 Å². The second-order valence-electron chi connectivity index (χ2n) is 8.94. The maximum absolute atomic E-state index is 12.0. The van der Waals surface area contributed by atoms with E-state index in [4.69, 9.17) is 4.74 Å². The Morgan fingerprint density at radius 1 is 1.12 bits per heavy atom. The number of fused-ring (bicyclic) bond motifs is 2. The largest absolute Gasteiger partial charge is 0.473 e. The molecule has 8 nitrogen and oxygen atoms in total. The molecular weight excluding hydrogens is 456 g/mol. The number of thiazole rings is 1. The quantitative estimate of drug-likeness (QED) is 0.406. The summed E-state index contributed by atoms with van der Waals surface area (Å²) in [4.78, 5) is 17.6. The molecule has 2 saturated carbocycles. The van der Waals surface area contributed by atoms with Crippen LogP contribution in [0.5, 0.6) is 5.88 Å². The van der Waals surface area contributed by atoms with Crippen LogP contribution < -0.4 is 10.1 Å². The lowest BCUT2D eigenvalue weighted by Gasteiger charge is -2.26. The summed E-state index contributed by atoms with van der Waals surface area (Å²) in [6.07, 6.45) is 6.72. The Hall–Kier alpha value is -2.72. The lowest BCUT2D eigenvalue weighted by atomic mass is 9.89. The molecular formula is C23H24N6O2S2. The van der Waals surface area contributed by atoms with Gasteiger partial charge in [-0.2, -0.15) is 4.52 Å². The first kappa shape index (κ1) is 20.9. The molecule has 2 fully saturated rings. The molecule has 33 heavy (non-hydrogen) atoms. The normalized spacial score (nSPS) is 20.9. The van der Waals surface area contributed by atoms with Crippen molar-refractivity contribution in [3.63, 3.8) is 0 Å². The molecule has 3 heterocycles. The molecule has 6 rings (SSSR count). The highest BCUT2D eigenvalue weighted by Crippen LogP contribution is 2.35. The maximum atomic E-state index is 12.0. The summed E-state index contributed by atoms with van der Waals surface area (Å²) < 4.78 is 8.92. The summed E-state index contributed by atoms with van der Waals surface area (Å²) in [6, 6.07) is 9.80. The molecule has 0 aliphatic heterocycles. The number of benzene rings is 1. The maximum Gasteiger partial charge on any atom is 0.232 e. The van der Waals surface area contributed by atoms with Crippen molar-refractivity contribution in [2.24, 2.45) is 11.8 Å². The Morgan fingerprint density at radius 3 is 2.79 bits per heavy atom. The lowest BCUT2D eigenvalue weighted by Crippen LogP contribution is -2.23. The zero-order valence-corrected chi connectivity index (χ0v) is 19.9. The van der Waals surface area contributed by atoms with Crippen molar-refractivity contribution < 1.29 is 9.53 Å². The third-order valence-corrected chi connectivity index (χ3v) is 8.07. The van der Waals surface area contributed by atoms with E-state index in [0.717, 1.165) is 46.7 Å². The van der Waals surface area contributed by atoms with E-state index in [2.05, 4.69) is 38.6 Å². The molecule has 2 aliphatic carbocycles. The molecule has 0 spiro atoms. The number of ether oxygens (including phenoxy) is 1. The SMILES string of the molecule is CC1CCC(Oc2ccc3nnc(Sc4ccc5nc(NC(=O)C6CC6)sc5c4)n3n2)CC1. The fourth-order valence-electron chi connectivity index (χ4n) is 4.08. The number of amides is 1. The van der Waals surface area contributed by atoms with E-state index in [1.165, 1.54) is 35.9 Å². The van der Waals surface area contributed by atoms with Gasteiger partial charge < -0.3 is 10.1 Å². The van der Waals surface area contributed by atoms with Gasteiger partial charge in [0.2, 0.25) is 16.9 Å². The van der Waals surface area contributed by atoms with Gasteiger partial charge in [0.1, 0.15) is 6.10 Å². The highest BCUT2D eigenvalue weighted by molar-refractivity contribution is 7.99. The second kappa shape index (κ2) is 8.57. The van der Waals surface area contributed by atoms with Crippen LogP contribution >= 0.6 is 23.1 Å². The minimum absolute atomic E-state index is 0.0745. The number of carbonyl (C=O) groups excluding carboxylic acids is 1. The summed E-state index contributed by atoms with van der Waals surface area (Å²) >= 11 is 2.98. The molecule has 0 saturated heterocycles. The Bertz CT molecular complexity index is 1320. The molecule has 170 valence electrons. The van der Waals surface area contributed by atoms with Crippen molar-refractivity contribution >= 4 is 50.0 Å². The van der Waals surface area contributed by atoms with Gasteiger partial charge in [0, 0.05) is 16.9 Å². The van der Waals surface area contributed by atoms with Crippen LogP contribution in [-0.4, -0.2) is 36.8 Å². The third kappa shape index (κ3) is 4.54. The van der Waals surface area contributed by atoms with Crippen LogP contribution in [0.15, 0.2) is 40.4 Å². The van der Waals surface area contributed by atoms with Crippen molar-refractivity contribution in [2.75, 3.05) is 5.32 Å². The van der Waals surface area contributed by atoms with E-state index in [1.54, 1.807) is 4.52 Å². The molecule has 0 bridgehead atoms. The van der Waals surface area contributed by atoms with Gasteiger partial charge in [0.05, 0.1) is 10.2 Å². The van der Waals surface area contributed by atoms with Crippen LogP contribution in [0.4, 0.5) is 5.13 Å². The fraction of sp³-hybridized carbons (Fsp3) is 0.435. The monoisotopic (exact) mass is 480 g/mol. The molecule has 0 unspecified atom stereocenters. The summed E-state index contributed by atoms with van der Waals surface area (Å²) in [5, 5.41) is 17.5. The first-order valence-electron chi connectivity index (χ1n) is 11.4. The van der Waals surface area contributed by atoms with Crippen LogP contribution in [-0.2, 0) is 4.79 Å². The van der Waals surface area contributed by atoms with Crippen molar-refractivity contribution in [2.45, 2.75) is 61.6 Å². The van der Waals surface area contributed by atoms with Gasteiger partial charge >= 0.3 is 0 Å². The highest BCUT2D eigenvalue weighted by Gasteiger charge is 2.30. The van der Waals surface area contributed by atoms with Crippen LogP contribution in [0.25, 0.3) is 15.9 Å². The van der Waals surface area contributed by atoms with Gasteiger partial charge in [-0.1, -0.05) is 18.3 Å². The molecule has 2 aliphatic rings. The topological polar surface area (TPSA) is 94.3 Å². The number of nitrogens with zero attached hydrogens (tertiary/aromatic N) is 5. The average molecular weight is 481 g/mol. The molecule has 0 atom stereocenters. The van der Waals surface area contributed by atoms with Gasteiger partial charge in [-0.25, -0.2) is 4.98 Å². The molecule has 1 aromatic carbocycles. The predicted molar refractivity (Wildman–Crippen MR) is 128 cm³/mol. The first-order chi connectivity index (χ1) is 16.1. The fourth-order valence-corrected chi connectivity index (χ4v) is 5.89. The average Bonchev–Trinajstić information content (AvgIpc) is 3.49. The molecule has 4 aromatic rings. The molecule has 10 heteroatoms. The zero-order valence-electron chi connectivity index (χ0n) is 18.2. The summed E-state index contributed by atoms with van der Waals surface area (Å²) in [6.45, 7) is 2.30. The smallest absolute Gasteiger partial charge is 0.232 e. The van der Waals surface area contributed by atoms with Crippen molar-refractivity contribution in [1.82, 2.24) is 24.8 Å². The predicted octanol–water partition coefficient (Wildman–Crippen LogP) is 5.19. The van der Waals surface area contributed by atoms with Crippen molar-refractivity contribution in [1.29, 1.82) is 0 Å². The Labute approximate surface area is 199 Å². The lowest BCUT2D eigenvalue weighted by molar-refractivity contribution is -0.117. The number of aromatic nitrogens is 5. The van der Waals surface area contributed by atoms with Gasteiger partial charge in [0.25, 0.3) is 0 Å². The van der Waals surface area contributed by atoms with E-state index in [-0.39, 0.29) is 17.9 Å². The molecule has 1 amide bonds. The molecule has 3 aromatic heterocycles. The Morgan fingerprint density at radius 2 is 1.97 bits per heavy atom. The van der Waals surface area contributed by atoms with Gasteiger partial charge in [-0.3, -0.25) is 4.79 Å². The Kier molecular flexibility index (Phi) is 5.41. The van der Waals surface area contributed by atoms with E-state index < -0.39 is 0 Å². The summed E-state index contributed by atoms with van der Waals surface area (Å²) in [7, 11) is 0. The number of anilines is 1. The number of rotatable bonds is 6. The van der Waals surface area contributed by atoms with Gasteiger partial charge in [0.15, 0.2) is 10.8 Å². The molecule has 1 N–H and O–H groups in total. The number of hydrogen-bond donors (Lipinski definition) is 1. The van der Waals surface area contributed by atoms with Gasteiger partial charge in [-0.05, 0) is 80.5 Å². The summed E-state index contributed by atoms with van der Waals surface area (Å²) in [5.74, 6) is 1.62. The summed E-state index contributed by atoms with van der Waals surface area (Å²) in [5.41, 5.74) is 1.56. The van der Waals surface area contributed by atoms with Crippen LogP contribution in [0.3, 0.4) is 0 Å².